The van der Waals surface area contributed by atoms with Crippen LogP contribution in [-0.2, 0) is 9.59 Å². The molecule has 112 valence electrons. The summed E-state index contributed by atoms with van der Waals surface area (Å²) in [6.07, 6.45) is 0.765. The molecule has 1 aromatic carbocycles. The number of likely N-dealkylation sites (tertiary alicyclic amines) is 1. The van der Waals surface area contributed by atoms with Crippen LogP contribution in [0.4, 0.5) is 0 Å². The number of fused-ring (bicyclic) bond motifs is 1. The quantitative estimate of drug-likeness (QED) is 0.843. The topological polar surface area (TPSA) is 49.4 Å². The number of carbonyl (C=O) groups is 2. The van der Waals surface area contributed by atoms with Crippen LogP contribution >= 0.6 is 0 Å². The number of rotatable bonds is 5. The molecule has 3 unspecified atom stereocenters. The highest BCUT2D eigenvalue weighted by Crippen LogP contribution is 2.47. The lowest BCUT2D eigenvalue weighted by Gasteiger charge is -2.24. The number of hydrogen-bond acceptors (Lipinski definition) is 3. The van der Waals surface area contributed by atoms with E-state index < -0.39 is 0 Å². The SMILES string of the molecule is CNC(CN1C(=O)C2CC2C1=O)c1ccc(C(C)C)cc1. The maximum atomic E-state index is 12.1. The van der Waals surface area contributed by atoms with E-state index in [0.717, 1.165) is 12.0 Å². The summed E-state index contributed by atoms with van der Waals surface area (Å²) in [5.41, 5.74) is 2.41. The minimum absolute atomic E-state index is 0.00314. The van der Waals surface area contributed by atoms with Gasteiger partial charge in [0.2, 0.25) is 11.8 Å². The zero-order valence-electron chi connectivity index (χ0n) is 12.8. The Bertz CT molecular complexity index is 545. The fourth-order valence-corrected chi connectivity index (χ4v) is 3.09. The van der Waals surface area contributed by atoms with Crippen LogP contribution in [0.15, 0.2) is 24.3 Å². The Kier molecular flexibility index (Phi) is 3.57. The van der Waals surface area contributed by atoms with Gasteiger partial charge in [-0.05, 0) is 30.5 Å². The molecule has 4 heteroatoms. The van der Waals surface area contributed by atoms with Crippen LogP contribution in [0.1, 0.15) is 43.4 Å². The molecule has 3 atom stereocenters. The molecule has 3 rings (SSSR count). The summed E-state index contributed by atoms with van der Waals surface area (Å²) >= 11 is 0. The van der Waals surface area contributed by atoms with E-state index in [2.05, 4.69) is 43.4 Å². The number of amides is 2. The predicted molar refractivity (Wildman–Crippen MR) is 80.6 cm³/mol. The molecule has 21 heavy (non-hydrogen) atoms. The van der Waals surface area contributed by atoms with Crippen molar-refractivity contribution in [1.82, 2.24) is 10.2 Å². The van der Waals surface area contributed by atoms with Crippen LogP contribution in [0.25, 0.3) is 0 Å². The molecule has 0 spiro atoms. The Morgan fingerprint density at radius 1 is 1.10 bits per heavy atom. The standard InChI is InChI=1S/C17H22N2O2/c1-10(2)11-4-6-12(7-5-11)15(18-3)9-19-16(20)13-8-14(13)17(19)21/h4-7,10,13-15,18H,8-9H2,1-3H3. The third-order valence-electron chi connectivity index (χ3n) is 4.68. The zero-order valence-corrected chi connectivity index (χ0v) is 12.8. The molecule has 4 nitrogen and oxygen atoms in total. The van der Waals surface area contributed by atoms with Gasteiger partial charge < -0.3 is 5.32 Å². The second-order valence-corrected chi connectivity index (χ2v) is 6.40. The van der Waals surface area contributed by atoms with Gasteiger partial charge >= 0.3 is 0 Å². The van der Waals surface area contributed by atoms with E-state index >= 15 is 0 Å². The van der Waals surface area contributed by atoms with Crippen LogP contribution < -0.4 is 5.32 Å². The lowest BCUT2D eigenvalue weighted by molar-refractivity contribution is -0.141. The second-order valence-electron chi connectivity index (χ2n) is 6.40. The molecule has 0 radical (unpaired) electrons. The van der Waals surface area contributed by atoms with E-state index in [1.54, 1.807) is 0 Å². The van der Waals surface area contributed by atoms with Crippen molar-refractivity contribution in [2.45, 2.75) is 32.2 Å². The lowest BCUT2D eigenvalue weighted by Crippen LogP contribution is -2.39. The number of benzene rings is 1. The van der Waals surface area contributed by atoms with Crippen LogP contribution in [0.5, 0.6) is 0 Å². The van der Waals surface area contributed by atoms with E-state index in [1.165, 1.54) is 10.5 Å². The van der Waals surface area contributed by atoms with E-state index in [4.69, 9.17) is 0 Å². The first-order valence-electron chi connectivity index (χ1n) is 7.65. The first kappa shape index (κ1) is 14.3. The number of nitrogens with one attached hydrogen (secondary N) is 1. The van der Waals surface area contributed by atoms with E-state index in [-0.39, 0.29) is 29.7 Å². The maximum absolute atomic E-state index is 12.1. The minimum Gasteiger partial charge on any atom is -0.312 e. The van der Waals surface area contributed by atoms with Crippen LogP contribution in [-0.4, -0.2) is 30.3 Å². The fraction of sp³-hybridized carbons (Fsp3) is 0.529. The van der Waals surface area contributed by atoms with Gasteiger partial charge in [-0.1, -0.05) is 38.1 Å². The van der Waals surface area contributed by atoms with Gasteiger partial charge in [0.15, 0.2) is 0 Å². The fourth-order valence-electron chi connectivity index (χ4n) is 3.09. The first-order chi connectivity index (χ1) is 10.0. The van der Waals surface area contributed by atoms with Gasteiger partial charge in [0.1, 0.15) is 0 Å². The molecule has 1 N–H and O–H groups in total. The van der Waals surface area contributed by atoms with Crippen molar-refractivity contribution in [3.05, 3.63) is 35.4 Å². The highest BCUT2D eigenvalue weighted by atomic mass is 16.2. The summed E-state index contributed by atoms with van der Waals surface area (Å²) < 4.78 is 0. The summed E-state index contributed by atoms with van der Waals surface area (Å²) in [7, 11) is 1.87. The van der Waals surface area contributed by atoms with Crippen molar-refractivity contribution in [1.29, 1.82) is 0 Å². The highest BCUT2D eigenvalue weighted by Gasteiger charge is 2.58. The average Bonchev–Trinajstić information content (AvgIpc) is 3.23. The minimum atomic E-state index is -0.0154. The summed E-state index contributed by atoms with van der Waals surface area (Å²) in [6, 6.07) is 8.41. The number of nitrogens with zero attached hydrogens (tertiary/aromatic N) is 1. The van der Waals surface area contributed by atoms with E-state index in [9.17, 15) is 9.59 Å². The summed E-state index contributed by atoms with van der Waals surface area (Å²) in [5.74, 6) is 0.505. The third-order valence-corrected chi connectivity index (χ3v) is 4.68. The monoisotopic (exact) mass is 286 g/mol. The number of carbonyl (C=O) groups excluding carboxylic acids is 2. The molecular weight excluding hydrogens is 264 g/mol. The number of piperidine rings is 1. The van der Waals surface area contributed by atoms with Crippen molar-refractivity contribution < 1.29 is 9.59 Å². The summed E-state index contributed by atoms with van der Waals surface area (Å²) in [5, 5.41) is 3.22. The smallest absolute Gasteiger partial charge is 0.233 e. The van der Waals surface area contributed by atoms with Crippen molar-refractivity contribution in [3.8, 4) is 0 Å². The van der Waals surface area contributed by atoms with Gasteiger partial charge in [-0.2, -0.15) is 0 Å². The van der Waals surface area contributed by atoms with Crippen LogP contribution in [0.2, 0.25) is 0 Å². The maximum Gasteiger partial charge on any atom is 0.233 e. The first-order valence-corrected chi connectivity index (χ1v) is 7.65. The molecule has 0 aromatic heterocycles. The lowest BCUT2D eigenvalue weighted by atomic mass is 9.99. The third kappa shape index (κ3) is 2.48. The Labute approximate surface area is 125 Å². The van der Waals surface area contributed by atoms with Crippen molar-refractivity contribution in [2.75, 3.05) is 13.6 Å². The van der Waals surface area contributed by atoms with Gasteiger partial charge in [-0.3, -0.25) is 14.5 Å². The summed E-state index contributed by atoms with van der Waals surface area (Å²) in [6.45, 7) is 4.76. The Morgan fingerprint density at radius 3 is 2.10 bits per heavy atom. The van der Waals surface area contributed by atoms with Gasteiger partial charge in [0.25, 0.3) is 0 Å². The Balaban J connectivity index is 1.73. The summed E-state index contributed by atoms with van der Waals surface area (Å²) in [4.78, 5) is 25.6. The molecule has 1 aliphatic carbocycles. The molecule has 1 saturated heterocycles. The molecule has 0 bridgehead atoms. The second kappa shape index (κ2) is 5.26. The van der Waals surface area contributed by atoms with Crippen molar-refractivity contribution >= 4 is 11.8 Å². The Morgan fingerprint density at radius 2 is 1.62 bits per heavy atom. The molecule has 1 heterocycles. The highest BCUT2D eigenvalue weighted by molar-refractivity contribution is 6.08. The van der Waals surface area contributed by atoms with Crippen LogP contribution in [0, 0.1) is 11.8 Å². The largest absolute Gasteiger partial charge is 0.312 e. The zero-order chi connectivity index (χ0) is 15.1. The van der Waals surface area contributed by atoms with E-state index in [0.29, 0.717) is 12.5 Å². The van der Waals surface area contributed by atoms with E-state index in [1.807, 2.05) is 7.05 Å². The molecule has 2 aliphatic rings. The van der Waals surface area contributed by atoms with Gasteiger partial charge in [0.05, 0.1) is 17.9 Å². The van der Waals surface area contributed by atoms with Crippen LogP contribution in [0.3, 0.4) is 0 Å². The van der Waals surface area contributed by atoms with Gasteiger partial charge in [-0.25, -0.2) is 0 Å². The number of imide groups is 1. The average molecular weight is 286 g/mol. The molecule has 1 aromatic rings. The van der Waals surface area contributed by atoms with Gasteiger partial charge in [0, 0.05) is 6.54 Å². The predicted octanol–water partition coefficient (Wildman–Crippen LogP) is 2.08. The molecule has 2 fully saturated rings. The molecule has 1 aliphatic heterocycles. The van der Waals surface area contributed by atoms with Gasteiger partial charge in [-0.15, -0.1) is 0 Å². The molecule has 1 saturated carbocycles. The van der Waals surface area contributed by atoms with Crippen molar-refractivity contribution in [2.24, 2.45) is 11.8 Å². The van der Waals surface area contributed by atoms with Crippen molar-refractivity contribution in [3.63, 3.8) is 0 Å². The molecular formula is C17H22N2O2. The molecule has 2 amide bonds. The Hall–Kier alpha value is -1.68. The normalized spacial score (nSPS) is 25.4. The number of likely N-dealkylation sites (N-methyl/N-ethyl adjacent to an activating group) is 1. The number of hydrogen-bond donors (Lipinski definition) is 1.